The normalized spacial score (nSPS) is 19.8. The molecule has 1 aromatic carbocycles. The molecule has 5 heteroatoms. The van der Waals surface area contributed by atoms with Crippen molar-refractivity contribution in [1.29, 1.82) is 0 Å². The molecule has 0 spiro atoms. The first kappa shape index (κ1) is 18.5. The first-order valence-corrected chi connectivity index (χ1v) is 10.0. The van der Waals surface area contributed by atoms with Crippen LogP contribution in [0.2, 0.25) is 5.02 Å². The van der Waals surface area contributed by atoms with Gasteiger partial charge in [0.25, 0.3) is 0 Å². The maximum Gasteiger partial charge on any atom is 0.223 e. The van der Waals surface area contributed by atoms with E-state index in [0.29, 0.717) is 18.4 Å². The minimum Gasteiger partial charge on any atom is -0.368 e. The second-order valence-electron chi connectivity index (χ2n) is 7.33. The van der Waals surface area contributed by atoms with E-state index in [1.165, 1.54) is 32.1 Å². The van der Waals surface area contributed by atoms with Crippen molar-refractivity contribution in [2.24, 2.45) is 0 Å². The fourth-order valence-electron chi connectivity index (χ4n) is 4.02. The van der Waals surface area contributed by atoms with Crippen LogP contribution >= 0.6 is 11.6 Å². The number of anilines is 1. The Balaban J connectivity index is 1.41. The highest BCUT2D eigenvalue weighted by atomic mass is 35.5. The van der Waals surface area contributed by atoms with Crippen LogP contribution in [-0.2, 0) is 4.79 Å². The molecule has 2 aliphatic rings. The Kier molecular flexibility index (Phi) is 6.60. The van der Waals surface area contributed by atoms with Crippen molar-refractivity contribution in [3.8, 4) is 0 Å². The van der Waals surface area contributed by atoms with Crippen LogP contribution in [0.1, 0.15) is 38.5 Å². The summed E-state index contributed by atoms with van der Waals surface area (Å²) >= 11 is 6.30. The standard InChI is InChI=1S/C20H30ClN3O/c1-22(17-7-3-2-4-8-17)20(25)11-12-23-13-15-24(16-14-23)19-10-6-5-9-18(19)21/h5-6,9-10,17H,2-4,7-8,11-16H2,1H3. The Morgan fingerprint density at radius 2 is 1.80 bits per heavy atom. The number of hydrogen-bond donors (Lipinski definition) is 0. The molecule has 2 fully saturated rings. The predicted molar refractivity (Wildman–Crippen MR) is 104 cm³/mol. The van der Waals surface area contributed by atoms with E-state index in [2.05, 4.69) is 15.9 Å². The van der Waals surface area contributed by atoms with Crippen molar-refractivity contribution in [2.45, 2.75) is 44.6 Å². The third-order valence-corrected chi connectivity index (χ3v) is 6.04. The largest absolute Gasteiger partial charge is 0.368 e. The monoisotopic (exact) mass is 363 g/mol. The van der Waals surface area contributed by atoms with E-state index in [4.69, 9.17) is 11.6 Å². The second-order valence-corrected chi connectivity index (χ2v) is 7.73. The molecular weight excluding hydrogens is 334 g/mol. The van der Waals surface area contributed by atoms with E-state index in [-0.39, 0.29) is 0 Å². The van der Waals surface area contributed by atoms with Crippen LogP contribution in [0.4, 0.5) is 5.69 Å². The van der Waals surface area contributed by atoms with Gasteiger partial charge in [-0.2, -0.15) is 0 Å². The van der Waals surface area contributed by atoms with Crippen LogP contribution in [-0.4, -0.2) is 61.5 Å². The molecule has 1 aliphatic heterocycles. The highest BCUT2D eigenvalue weighted by molar-refractivity contribution is 6.33. The van der Waals surface area contributed by atoms with Gasteiger partial charge in [-0.15, -0.1) is 0 Å². The number of halogens is 1. The number of carbonyl (C=O) groups excluding carboxylic acids is 1. The van der Waals surface area contributed by atoms with Crippen molar-refractivity contribution in [1.82, 2.24) is 9.80 Å². The first-order chi connectivity index (χ1) is 12.1. The molecule has 4 nitrogen and oxygen atoms in total. The van der Waals surface area contributed by atoms with Crippen LogP contribution in [0.5, 0.6) is 0 Å². The molecule has 25 heavy (non-hydrogen) atoms. The lowest BCUT2D eigenvalue weighted by molar-refractivity contribution is -0.132. The van der Waals surface area contributed by atoms with Crippen LogP contribution in [0.15, 0.2) is 24.3 Å². The number of rotatable bonds is 5. The maximum atomic E-state index is 12.5. The van der Waals surface area contributed by atoms with Crippen molar-refractivity contribution in [3.05, 3.63) is 29.3 Å². The lowest BCUT2D eigenvalue weighted by Crippen LogP contribution is -2.47. The van der Waals surface area contributed by atoms with Gasteiger partial charge in [0.15, 0.2) is 0 Å². The van der Waals surface area contributed by atoms with Crippen LogP contribution in [0.3, 0.4) is 0 Å². The number of carbonyl (C=O) groups is 1. The van der Waals surface area contributed by atoms with Crippen molar-refractivity contribution in [3.63, 3.8) is 0 Å². The first-order valence-electron chi connectivity index (χ1n) is 9.62. The minimum atomic E-state index is 0.306. The molecule has 1 aliphatic carbocycles. The van der Waals surface area contributed by atoms with Gasteiger partial charge in [-0.05, 0) is 25.0 Å². The van der Waals surface area contributed by atoms with Gasteiger partial charge >= 0.3 is 0 Å². The third-order valence-electron chi connectivity index (χ3n) is 5.72. The third kappa shape index (κ3) is 4.89. The lowest BCUT2D eigenvalue weighted by atomic mass is 9.94. The fraction of sp³-hybridized carbons (Fsp3) is 0.650. The van der Waals surface area contributed by atoms with E-state index in [9.17, 15) is 4.79 Å². The summed E-state index contributed by atoms with van der Waals surface area (Å²) in [5, 5.41) is 0.820. The Labute approximate surface area is 156 Å². The number of benzene rings is 1. The van der Waals surface area contributed by atoms with Gasteiger partial charge in [0, 0.05) is 52.2 Å². The number of hydrogen-bond acceptors (Lipinski definition) is 3. The van der Waals surface area contributed by atoms with Crippen LogP contribution in [0.25, 0.3) is 0 Å². The summed E-state index contributed by atoms with van der Waals surface area (Å²) in [7, 11) is 1.99. The molecule has 0 atom stereocenters. The van der Waals surface area contributed by atoms with Crippen molar-refractivity contribution < 1.29 is 4.79 Å². The zero-order valence-electron chi connectivity index (χ0n) is 15.3. The molecule has 1 amide bonds. The molecule has 0 unspecified atom stereocenters. The Morgan fingerprint density at radius 3 is 2.48 bits per heavy atom. The Morgan fingerprint density at radius 1 is 1.12 bits per heavy atom. The number of nitrogens with zero attached hydrogens (tertiary/aromatic N) is 3. The summed E-state index contributed by atoms with van der Waals surface area (Å²) in [6.07, 6.45) is 6.86. The van der Waals surface area contributed by atoms with Crippen molar-refractivity contribution >= 4 is 23.2 Å². The van der Waals surface area contributed by atoms with E-state index in [0.717, 1.165) is 43.4 Å². The average molecular weight is 364 g/mol. The molecule has 138 valence electrons. The van der Waals surface area contributed by atoms with Gasteiger partial charge < -0.3 is 9.80 Å². The van der Waals surface area contributed by atoms with Gasteiger partial charge in [0.05, 0.1) is 10.7 Å². The number of para-hydroxylation sites is 1. The van der Waals surface area contributed by atoms with Crippen molar-refractivity contribution in [2.75, 3.05) is 44.7 Å². The summed E-state index contributed by atoms with van der Waals surface area (Å²) in [6, 6.07) is 8.51. The van der Waals surface area contributed by atoms with E-state index >= 15 is 0 Å². The predicted octanol–water partition coefficient (Wildman–Crippen LogP) is 3.64. The Bertz CT molecular complexity index is 566. The number of piperazine rings is 1. The molecule has 0 aromatic heterocycles. The number of amides is 1. The average Bonchev–Trinajstić information content (AvgIpc) is 2.67. The lowest BCUT2D eigenvalue weighted by Gasteiger charge is -2.37. The molecule has 1 saturated carbocycles. The van der Waals surface area contributed by atoms with Crippen LogP contribution < -0.4 is 4.90 Å². The topological polar surface area (TPSA) is 26.8 Å². The van der Waals surface area contributed by atoms with E-state index in [1.54, 1.807) is 0 Å². The maximum absolute atomic E-state index is 12.5. The summed E-state index contributed by atoms with van der Waals surface area (Å²) < 4.78 is 0. The molecule has 0 radical (unpaired) electrons. The molecule has 1 aromatic rings. The molecule has 3 rings (SSSR count). The van der Waals surface area contributed by atoms with Gasteiger partial charge in [0.1, 0.15) is 0 Å². The molecule has 0 N–H and O–H groups in total. The summed E-state index contributed by atoms with van der Waals surface area (Å²) in [6.45, 7) is 4.79. The smallest absolute Gasteiger partial charge is 0.223 e. The fourth-order valence-corrected chi connectivity index (χ4v) is 4.28. The van der Waals surface area contributed by atoms with Gasteiger partial charge in [-0.3, -0.25) is 9.69 Å². The molecule has 1 heterocycles. The summed E-state index contributed by atoms with van der Waals surface area (Å²) in [4.78, 5) is 19.2. The molecule has 1 saturated heterocycles. The second kappa shape index (κ2) is 8.91. The summed E-state index contributed by atoms with van der Waals surface area (Å²) in [5.41, 5.74) is 1.12. The zero-order chi connectivity index (χ0) is 17.6. The van der Waals surface area contributed by atoms with Gasteiger partial charge in [-0.1, -0.05) is 43.0 Å². The van der Waals surface area contributed by atoms with E-state index < -0.39 is 0 Å². The van der Waals surface area contributed by atoms with Crippen LogP contribution in [0, 0.1) is 0 Å². The van der Waals surface area contributed by atoms with E-state index in [1.807, 2.05) is 30.1 Å². The molecule has 0 bridgehead atoms. The minimum absolute atomic E-state index is 0.306. The zero-order valence-corrected chi connectivity index (χ0v) is 16.0. The Hall–Kier alpha value is -1.26. The van der Waals surface area contributed by atoms with Gasteiger partial charge in [0.2, 0.25) is 5.91 Å². The SMILES string of the molecule is CN(C(=O)CCN1CCN(c2ccccc2Cl)CC1)C1CCCCC1. The highest BCUT2D eigenvalue weighted by Gasteiger charge is 2.23. The summed E-state index contributed by atoms with van der Waals surface area (Å²) in [5.74, 6) is 0.306. The highest BCUT2D eigenvalue weighted by Crippen LogP contribution is 2.26. The van der Waals surface area contributed by atoms with Gasteiger partial charge in [-0.25, -0.2) is 0 Å². The molecular formula is C20H30ClN3O. The quantitative estimate of drug-likeness (QED) is 0.799.